The van der Waals surface area contributed by atoms with E-state index < -0.39 is 0 Å². The van der Waals surface area contributed by atoms with Crippen LogP contribution in [0.2, 0.25) is 0 Å². The maximum Gasteiger partial charge on any atom is 0.238 e. The number of rotatable bonds is 4. The van der Waals surface area contributed by atoms with Crippen LogP contribution in [0.1, 0.15) is 5.69 Å². The molecule has 2 aromatic rings. The van der Waals surface area contributed by atoms with Crippen LogP contribution in [0.3, 0.4) is 0 Å². The lowest BCUT2D eigenvalue weighted by Crippen LogP contribution is -2.01. The first-order valence-corrected chi connectivity index (χ1v) is 6.96. The highest BCUT2D eigenvalue weighted by atomic mass is 79.9. The Kier molecular flexibility index (Phi) is 4.73. The first kappa shape index (κ1) is 14.2. The average Bonchev–Trinajstić information content (AvgIpc) is 2.43. The maximum atomic E-state index is 5.64. The standard InChI is InChI=1S/C12H11Br2N3O2/c1-18-10-4-9(14)11(5-8(10)13)19-12-3-2-7(6-15)16-17-12/h2-5H,6,15H2,1H3. The maximum absolute atomic E-state index is 5.64. The summed E-state index contributed by atoms with van der Waals surface area (Å²) in [6.07, 6.45) is 0. The number of aromatic nitrogens is 2. The van der Waals surface area contributed by atoms with E-state index in [9.17, 15) is 0 Å². The SMILES string of the molecule is COc1cc(Br)c(Oc2ccc(CN)nn2)cc1Br. The van der Waals surface area contributed by atoms with Gasteiger partial charge in [0.2, 0.25) is 5.88 Å². The van der Waals surface area contributed by atoms with Crippen LogP contribution in [0.4, 0.5) is 0 Å². The Morgan fingerprint density at radius 1 is 1.11 bits per heavy atom. The van der Waals surface area contributed by atoms with E-state index in [0.29, 0.717) is 29.6 Å². The van der Waals surface area contributed by atoms with Gasteiger partial charge in [-0.25, -0.2) is 0 Å². The zero-order valence-corrected chi connectivity index (χ0v) is 13.2. The van der Waals surface area contributed by atoms with E-state index in [1.54, 1.807) is 31.4 Å². The minimum absolute atomic E-state index is 0.352. The molecule has 0 saturated heterocycles. The molecule has 0 radical (unpaired) electrons. The van der Waals surface area contributed by atoms with Crippen LogP contribution in [0.5, 0.6) is 17.4 Å². The van der Waals surface area contributed by atoms with E-state index in [1.165, 1.54) is 0 Å². The first-order valence-electron chi connectivity index (χ1n) is 5.37. The van der Waals surface area contributed by atoms with Crippen molar-refractivity contribution >= 4 is 31.9 Å². The molecule has 0 saturated carbocycles. The van der Waals surface area contributed by atoms with Crippen LogP contribution in [-0.4, -0.2) is 17.3 Å². The van der Waals surface area contributed by atoms with Crippen molar-refractivity contribution in [3.8, 4) is 17.4 Å². The van der Waals surface area contributed by atoms with Crippen molar-refractivity contribution in [2.75, 3.05) is 7.11 Å². The topological polar surface area (TPSA) is 70.3 Å². The minimum atomic E-state index is 0.352. The Bertz CT molecular complexity index is 576. The van der Waals surface area contributed by atoms with Gasteiger partial charge in [-0.3, -0.25) is 0 Å². The minimum Gasteiger partial charge on any atom is -0.496 e. The molecule has 0 atom stereocenters. The Morgan fingerprint density at radius 2 is 1.79 bits per heavy atom. The number of hydrogen-bond donors (Lipinski definition) is 1. The molecule has 1 aromatic heterocycles. The zero-order chi connectivity index (χ0) is 13.8. The van der Waals surface area contributed by atoms with Crippen molar-refractivity contribution in [2.24, 2.45) is 5.73 Å². The number of ether oxygens (including phenoxy) is 2. The average molecular weight is 389 g/mol. The van der Waals surface area contributed by atoms with E-state index in [0.717, 1.165) is 8.95 Å². The van der Waals surface area contributed by atoms with Gasteiger partial charge in [-0.05, 0) is 50.1 Å². The van der Waals surface area contributed by atoms with Crippen LogP contribution >= 0.6 is 31.9 Å². The highest BCUT2D eigenvalue weighted by Crippen LogP contribution is 2.37. The normalized spacial score (nSPS) is 10.3. The van der Waals surface area contributed by atoms with Gasteiger partial charge in [0, 0.05) is 12.6 Å². The summed E-state index contributed by atoms with van der Waals surface area (Å²) in [5, 5.41) is 7.87. The lowest BCUT2D eigenvalue weighted by Gasteiger charge is -2.10. The van der Waals surface area contributed by atoms with Crippen molar-refractivity contribution in [3.63, 3.8) is 0 Å². The predicted molar refractivity (Wildman–Crippen MR) is 78.4 cm³/mol. The smallest absolute Gasteiger partial charge is 0.238 e. The van der Waals surface area contributed by atoms with Gasteiger partial charge in [-0.15, -0.1) is 5.10 Å². The summed E-state index contributed by atoms with van der Waals surface area (Å²) in [4.78, 5) is 0. The molecule has 0 aliphatic rings. The lowest BCUT2D eigenvalue weighted by molar-refractivity contribution is 0.408. The molecule has 1 aromatic carbocycles. The summed E-state index contributed by atoms with van der Waals surface area (Å²) in [7, 11) is 1.60. The van der Waals surface area contributed by atoms with Crippen LogP contribution in [0.15, 0.2) is 33.2 Å². The molecule has 0 unspecified atom stereocenters. The van der Waals surface area contributed by atoms with Gasteiger partial charge in [0.1, 0.15) is 11.5 Å². The van der Waals surface area contributed by atoms with Crippen molar-refractivity contribution < 1.29 is 9.47 Å². The Balaban J connectivity index is 2.25. The molecule has 0 amide bonds. The summed E-state index contributed by atoms with van der Waals surface area (Å²) < 4.78 is 12.4. The van der Waals surface area contributed by atoms with Gasteiger partial charge in [0.05, 0.1) is 21.7 Å². The third-order valence-electron chi connectivity index (χ3n) is 2.33. The summed E-state index contributed by atoms with van der Waals surface area (Å²) in [5.41, 5.74) is 6.17. The van der Waals surface area contributed by atoms with E-state index >= 15 is 0 Å². The zero-order valence-electron chi connectivity index (χ0n) is 10.1. The number of nitrogens with two attached hydrogens (primary N) is 1. The first-order chi connectivity index (χ1) is 9.13. The molecule has 100 valence electrons. The van der Waals surface area contributed by atoms with Crippen LogP contribution in [0.25, 0.3) is 0 Å². The molecule has 2 N–H and O–H groups in total. The van der Waals surface area contributed by atoms with Crippen molar-refractivity contribution in [1.29, 1.82) is 0 Å². The molecule has 19 heavy (non-hydrogen) atoms. The second-order valence-electron chi connectivity index (χ2n) is 3.59. The molecule has 7 heteroatoms. The van der Waals surface area contributed by atoms with Gasteiger partial charge < -0.3 is 15.2 Å². The van der Waals surface area contributed by atoms with E-state index in [1.807, 2.05) is 0 Å². The predicted octanol–water partition coefficient (Wildman–Crippen LogP) is 3.26. The fourth-order valence-electron chi connectivity index (χ4n) is 1.37. The Hall–Kier alpha value is -1.18. The number of hydrogen-bond acceptors (Lipinski definition) is 5. The molecule has 0 aliphatic heterocycles. The largest absolute Gasteiger partial charge is 0.496 e. The summed E-state index contributed by atoms with van der Waals surface area (Å²) in [6.45, 7) is 0.352. The van der Waals surface area contributed by atoms with Gasteiger partial charge >= 0.3 is 0 Å². The number of benzene rings is 1. The van der Waals surface area contributed by atoms with Crippen molar-refractivity contribution in [3.05, 3.63) is 38.9 Å². The molecular weight excluding hydrogens is 378 g/mol. The van der Waals surface area contributed by atoms with E-state index in [4.69, 9.17) is 15.2 Å². The highest BCUT2D eigenvalue weighted by molar-refractivity contribution is 9.11. The lowest BCUT2D eigenvalue weighted by atomic mass is 10.3. The Labute approximate surface area is 127 Å². The molecule has 1 heterocycles. The van der Waals surface area contributed by atoms with E-state index in [-0.39, 0.29) is 0 Å². The molecule has 2 rings (SSSR count). The second kappa shape index (κ2) is 6.31. The van der Waals surface area contributed by atoms with Crippen molar-refractivity contribution in [1.82, 2.24) is 10.2 Å². The molecule has 0 fully saturated rings. The van der Waals surface area contributed by atoms with Gasteiger partial charge in [0.25, 0.3) is 0 Å². The molecule has 0 aliphatic carbocycles. The fourth-order valence-corrected chi connectivity index (χ4v) is 2.26. The molecular formula is C12H11Br2N3O2. The van der Waals surface area contributed by atoms with Crippen LogP contribution in [0, 0.1) is 0 Å². The van der Waals surface area contributed by atoms with E-state index in [2.05, 4.69) is 42.1 Å². The number of methoxy groups -OCH3 is 1. The fraction of sp³-hybridized carbons (Fsp3) is 0.167. The van der Waals surface area contributed by atoms with Crippen molar-refractivity contribution in [2.45, 2.75) is 6.54 Å². The van der Waals surface area contributed by atoms with Crippen LogP contribution < -0.4 is 15.2 Å². The van der Waals surface area contributed by atoms with Gasteiger partial charge in [-0.1, -0.05) is 0 Å². The van der Waals surface area contributed by atoms with Gasteiger partial charge in [0.15, 0.2) is 0 Å². The summed E-state index contributed by atoms with van der Waals surface area (Å²) >= 11 is 6.81. The quantitative estimate of drug-likeness (QED) is 0.870. The number of nitrogens with zero attached hydrogens (tertiary/aromatic N) is 2. The van der Waals surface area contributed by atoms with Crippen LogP contribution in [-0.2, 0) is 6.54 Å². The highest BCUT2D eigenvalue weighted by Gasteiger charge is 2.10. The van der Waals surface area contributed by atoms with Gasteiger partial charge in [-0.2, -0.15) is 5.10 Å². The molecule has 5 nitrogen and oxygen atoms in total. The summed E-state index contributed by atoms with van der Waals surface area (Å²) in [5.74, 6) is 1.72. The Morgan fingerprint density at radius 3 is 2.37 bits per heavy atom. The third-order valence-corrected chi connectivity index (χ3v) is 3.56. The second-order valence-corrected chi connectivity index (χ2v) is 5.29. The number of halogens is 2. The molecule has 0 spiro atoms. The third kappa shape index (κ3) is 3.43. The summed E-state index contributed by atoms with van der Waals surface area (Å²) in [6, 6.07) is 7.09. The monoisotopic (exact) mass is 387 g/mol. The molecule has 0 bridgehead atoms.